The molecule has 1 aromatic rings. The maximum Gasteiger partial charge on any atom is 0.129 e. The van der Waals surface area contributed by atoms with Gasteiger partial charge in [0.2, 0.25) is 0 Å². The summed E-state index contributed by atoms with van der Waals surface area (Å²) in [4.78, 5) is 6.93. The fraction of sp³-hybridized carbons (Fsp3) is 0.643. The number of aromatic nitrogens is 1. The Morgan fingerprint density at radius 1 is 1.29 bits per heavy atom. The van der Waals surface area contributed by atoms with Crippen molar-refractivity contribution in [1.82, 2.24) is 4.98 Å². The van der Waals surface area contributed by atoms with E-state index in [0.717, 1.165) is 29.9 Å². The summed E-state index contributed by atoms with van der Waals surface area (Å²) in [5, 5.41) is 0. The standard InChI is InChI=1S/C14H25N3/c1-6-12-8-11(10-15)9-13(16-12)17(5)14(3,4)7-2/h8-9H,6-7,10,15H2,1-5H3. The molecule has 0 atom stereocenters. The molecule has 0 amide bonds. The molecule has 96 valence electrons. The summed E-state index contributed by atoms with van der Waals surface area (Å²) in [6, 6.07) is 4.19. The minimum Gasteiger partial charge on any atom is -0.355 e. The number of anilines is 1. The molecule has 0 spiro atoms. The van der Waals surface area contributed by atoms with E-state index in [4.69, 9.17) is 5.73 Å². The van der Waals surface area contributed by atoms with Gasteiger partial charge in [0.1, 0.15) is 5.82 Å². The van der Waals surface area contributed by atoms with Gasteiger partial charge in [0.25, 0.3) is 0 Å². The first-order valence-electron chi connectivity index (χ1n) is 6.38. The zero-order chi connectivity index (χ0) is 13.1. The Labute approximate surface area is 105 Å². The second kappa shape index (κ2) is 5.50. The smallest absolute Gasteiger partial charge is 0.129 e. The molecule has 0 saturated carbocycles. The van der Waals surface area contributed by atoms with E-state index in [-0.39, 0.29) is 5.54 Å². The summed E-state index contributed by atoms with van der Waals surface area (Å²) >= 11 is 0. The molecule has 3 heteroatoms. The van der Waals surface area contributed by atoms with Crippen molar-refractivity contribution < 1.29 is 0 Å². The summed E-state index contributed by atoms with van der Waals surface area (Å²) in [6.07, 6.45) is 2.03. The molecule has 0 unspecified atom stereocenters. The van der Waals surface area contributed by atoms with Crippen LogP contribution in [0.4, 0.5) is 5.82 Å². The van der Waals surface area contributed by atoms with Crippen LogP contribution in [0.3, 0.4) is 0 Å². The predicted octanol–water partition coefficient (Wildman–Crippen LogP) is 2.73. The number of hydrogen-bond acceptors (Lipinski definition) is 3. The highest BCUT2D eigenvalue weighted by atomic mass is 15.2. The van der Waals surface area contributed by atoms with E-state index in [0.29, 0.717) is 6.54 Å². The van der Waals surface area contributed by atoms with Gasteiger partial charge < -0.3 is 10.6 Å². The first kappa shape index (κ1) is 14.0. The van der Waals surface area contributed by atoms with Crippen molar-refractivity contribution in [1.29, 1.82) is 0 Å². The summed E-state index contributed by atoms with van der Waals surface area (Å²) in [6.45, 7) is 9.36. The zero-order valence-electron chi connectivity index (χ0n) is 11.7. The maximum absolute atomic E-state index is 5.74. The largest absolute Gasteiger partial charge is 0.355 e. The third kappa shape index (κ3) is 3.19. The molecular weight excluding hydrogens is 210 g/mol. The number of aryl methyl sites for hydroxylation is 1. The summed E-state index contributed by atoms with van der Waals surface area (Å²) in [7, 11) is 2.10. The SMILES string of the molecule is CCc1cc(CN)cc(N(C)C(C)(C)CC)n1. The molecule has 1 rings (SSSR count). The monoisotopic (exact) mass is 235 g/mol. The van der Waals surface area contributed by atoms with Gasteiger partial charge in [-0.1, -0.05) is 13.8 Å². The molecule has 1 heterocycles. The lowest BCUT2D eigenvalue weighted by atomic mass is 10.00. The minimum absolute atomic E-state index is 0.116. The molecule has 0 aromatic carbocycles. The molecule has 0 saturated heterocycles. The molecule has 3 nitrogen and oxygen atoms in total. The van der Waals surface area contributed by atoms with Crippen molar-refractivity contribution in [2.24, 2.45) is 5.73 Å². The summed E-state index contributed by atoms with van der Waals surface area (Å²) in [5.41, 5.74) is 8.12. The van der Waals surface area contributed by atoms with E-state index >= 15 is 0 Å². The first-order valence-corrected chi connectivity index (χ1v) is 6.38. The lowest BCUT2D eigenvalue weighted by Crippen LogP contribution is -2.41. The first-order chi connectivity index (χ1) is 7.94. The van der Waals surface area contributed by atoms with Crippen LogP contribution >= 0.6 is 0 Å². The van der Waals surface area contributed by atoms with Gasteiger partial charge in [0, 0.05) is 24.8 Å². The molecule has 1 aromatic heterocycles. The Morgan fingerprint density at radius 3 is 2.41 bits per heavy atom. The minimum atomic E-state index is 0.116. The van der Waals surface area contributed by atoms with Crippen molar-refractivity contribution >= 4 is 5.82 Å². The summed E-state index contributed by atoms with van der Waals surface area (Å²) < 4.78 is 0. The van der Waals surface area contributed by atoms with Crippen molar-refractivity contribution in [2.75, 3.05) is 11.9 Å². The Balaban J connectivity index is 3.12. The molecule has 0 aliphatic rings. The van der Waals surface area contributed by atoms with Crippen LogP contribution in [0.15, 0.2) is 12.1 Å². The molecule has 0 aliphatic heterocycles. The van der Waals surface area contributed by atoms with Crippen LogP contribution in [0, 0.1) is 0 Å². The molecule has 0 fully saturated rings. The highest BCUT2D eigenvalue weighted by molar-refractivity contribution is 5.44. The molecule has 0 aliphatic carbocycles. The molecule has 17 heavy (non-hydrogen) atoms. The van der Waals surface area contributed by atoms with Gasteiger partial charge in [-0.3, -0.25) is 0 Å². The quantitative estimate of drug-likeness (QED) is 0.853. The second-order valence-corrected chi connectivity index (χ2v) is 5.11. The Morgan fingerprint density at radius 2 is 1.94 bits per heavy atom. The number of pyridine rings is 1. The molecule has 0 radical (unpaired) electrons. The Bertz CT molecular complexity index is 349. The van der Waals surface area contributed by atoms with Crippen molar-refractivity contribution in [3.63, 3.8) is 0 Å². The van der Waals surface area contributed by atoms with Gasteiger partial charge in [0.05, 0.1) is 0 Å². The fourth-order valence-corrected chi connectivity index (χ4v) is 1.65. The van der Waals surface area contributed by atoms with Crippen LogP contribution in [0.5, 0.6) is 0 Å². The van der Waals surface area contributed by atoms with E-state index in [1.54, 1.807) is 0 Å². The van der Waals surface area contributed by atoms with Gasteiger partial charge in [-0.15, -0.1) is 0 Å². The van der Waals surface area contributed by atoms with E-state index in [1.165, 1.54) is 0 Å². The van der Waals surface area contributed by atoms with Crippen LogP contribution in [-0.4, -0.2) is 17.6 Å². The van der Waals surface area contributed by atoms with Gasteiger partial charge in [0.15, 0.2) is 0 Å². The number of nitrogens with zero attached hydrogens (tertiary/aromatic N) is 2. The van der Waals surface area contributed by atoms with Gasteiger partial charge >= 0.3 is 0 Å². The van der Waals surface area contributed by atoms with Crippen molar-refractivity contribution in [3.8, 4) is 0 Å². The number of nitrogens with two attached hydrogens (primary N) is 1. The number of hydrogen-bond donors (Lipinski definition) is 1. The fourth-order valence-electron chi connectivity index (χ4n) is 1.65. The van der Waals surface area contributed by atoms with E-state index in [1.807, 2.05) is 0 Å². The third-order valence-corrected chi connectivity index (χ3v) is 3.64. The lowest BCUT2D eigenvalue weighted by molar-refractivity contribution is 0.467. The van der Waals surface area contributed by atoms with Crippen LogP contribution in [0.1, 0.15) is 45.4 Å². The molecule has 0 bridgehead atoms. The second-order valence-electron chi connectivity index (χ2n) is 5.11. The van der Waals surface area contributed by atoms with Gasteiger partial charge in [-0.05, 0) is 44.4 Å². The van der Waals surface area contributed by atoms with Crippen LogP contribution in [0.25, 0.3) is 0 Å². The van der Waals surface area contributed by atoms with Gasteiger partial charge in [-0.2, -0.15) is 0 Å². The average Bonchev–Trinajstić information content (AvgIpc) is 2.36. The van der Waals surface area contributed by atoms with E-state index in [2.05, 4.69) is 56.8 Å². The van der Waals surface area contributed by atoms with Crippen molar-refractivity contribution in [3.05, 3.63) is 23.4 Å². The van der Waals surface area contributed by atoms with Gasteiger partial charge in [-0.25, -0.2) is 4.98 Å². The summed E-state index contributed by atoms with van der Waals surface area (Å²) in [5.74, 6) is 1.02. The normalized spacial score (nSPS) is 11.6. The zero-order valence-corrected chi connectivity index (χ0v) is 11.7. The lowest BCUT2D eigenvalue weighted by Gasteiger charge is -2.36. The van der Waals surface area contributed by atoms with Crippen LogP contribution in [-0.2, 0) is 13.0 Å². The predicted molar refractivity (Wildman–Crippen MR) is 74.3 cm³/mol. The third-order valence-electron chi connectivity index (χ3n) is 3.64. The van der Waals surface area contributed by atoms with Crippen LogP contribution in [0.2, 0.25) is 0 Å². The molecule has 2 N–H and O–H groups in total. The van der Waals surface area contributed by atoms with E-state index in [9.17, 15) is 0 Å². The van der Waals surface area contributed by atoms with Crippen LogP contribution < -0.4 is 10.6 Å². The topological polar surface area (TPSA) is 42.1 Å². The highest BCUT2D eigenvalue weighted by Gasteiger charge is 2.22. The maximum atomic E-state index is 5.74. The number of rotatable bonds is 5. The Kier molecular flexibility index (Phi) is 4.52. The average molecular weight is 235 g/mol. The van der Waals surface area contributed by atoms with E-state index < -0.39 is 0 Å². The highest BCUT2D eigenvalue weighted by Crippen LogP contribution is 2.24. The Hall–Kier alpha value is -1.09. The van der Waals surface area contributed by atoms with Crippen molar-refractivity contribution in [2.45, 2.75) is 52.6 Å². The molecular formula is C14H25N3.